The lowest BCUT2D eigenvalue weighted by Crippen LogP contribution is -2.37. The minimum atomic E-state index is -0.237. The van der Waals surface area contributed by atoms with Crippen LogP contribution in [-0.2, 0) is 16.6 Å². The van der Waals surface area contributed by atoms with Gasteiger partial charge in [-0.15, -0.1) is 0 Å². The highest BCUT2D eigenvalue weighted by Gasteiger charge is 2.22. The number of ether oxygens (including phenoxy) is 1. The van der Waals surface area contributed by atoms with E-state index in [-0.39, 0.29) is 24.0 Å². The molecule has 1 aliphatic rings. The Morgan fingerprint density at radius 2 is 2.00 bits per heavy atom. The number of pyridine rings is 1. The van der Waals surface area contributed by atoms with Gasteiger partial charge in [0.1, 0.15) is 0 Å². The number of carbonyl (C=O) groups is 2. The summed E-state index contributed by atoms with van der Waals surface area (Å²) >= 11 is 0. The van der Waals surface area contributed by atoms with Crippen LogP contribution in [0.25, 0.3) is 0 Å². The number of hydrogen-bond acceptors (Lipinski definition) is 5. The first-order valence-electron chi connectivity index (χ1n) is 7.85. The molecule has 1 aliphatic heterocycles. The van der Waals surface area contributed by atoms with Gasteiger partial charge in [0.25, 0.3) is 11.5 Å². The van der Waals surface area contributed by atoms with Crippen LogP contribution >= 0.6 is 0 Å². The van der Waals surface area contributed by atoms with Crippen molar-refractivity contribution in [1.29, 1.82) is 0 Å². The molecule has 1 aromatic heterocycles. The number of esters is 1. The molecular weight excluding hydrogens is 298 g/mol. The summed E-state index contributed by atoms with van der Waals surface area (Å²) in [5, 5.41) is 0. The van der Waals surface area contributed by atoms with Gasteiger partial charge in [0.05, 0.1) is 13.2 Å². The quantitative estimate of drug-likeness (QED) is 0.735. The minimum absolute atomic E-state index is 0.138. The fourth-order valence-electron chi connectivity index (χ4n) is 2.59. The Bertz CT molecular complexity index is 626. The van der Waals surface area contributed by atoms with Gasteiger partial charge in [-0.05, 0) is 19.4 Å². The van der Waals surface area contributed by atoms with Crippen LogP contribution in [0.3, 0.4) is 0 Å². The fourth-order valence-corrected chi connectivity index (χ4v) is 2.59. The average Bonchev–Trinajstić information content (AvgIpc) is 2.75. The van der Waals surface area contributed by atoms with E-state index in [2.05, 4.69) is 0 Å². The third-order valence-electron chi connectivity index (χ3n) is 3.89. The molecule has 0 unspecified atom stereocenters. The summed E-state index contributed by atoms with van der Waals surface area (Å²) < 4.78 is 6.39. The van der Waals surface area contributed by atoms with Gasteiger partial charge >= 0.3 is 5.97 Å². The van der Waals surface area contributed by atoms with Crippen LogP contribution in [0.2, 0.25) is 0 Å². The van der Waals surface area contributed by atoms with Crippen LogP contribution in [-0.4, -0.2) is 65.6 Å². The number of hydrogen-bond donors (Lipinski definition) is 0. The lowest BCUT2D eigenvalue weighted by atomic mass is 10.2. The molecule has 1 aromatic rings. The second-order valence-electron chi connectivity index (χ2n) is 5.59. The van der Waals surface area contributed by atoms with Crippen molar-refractivity contribution < 1.29 is 14.3 Å². The van der Waals surface area contributed by atoms with Crippen LogP contribution in [0, 0.1) is 0 Å². The van der Waals surface area contributed by atoms with Gasteiger partial charge in [0.2, 0.25) is 0 Å². The smallest absolute Gasteiger partial charge is 0.320 e. The molecule has 0 aromatic carbocycles. The molecule has 2 heterocycles. The SMILES string of the molecule is CCOC(=O)CN1CCCN(C(=O)c2ccn(C)c(=O)c2)CC1. The first kappa shape index (κ1) is 17.2. The highest BCUT2D eigenvalue weighted by molar-refractivity contribution is 5.94. The van der Waals surface area contributed by atoms with Gasteiger partial charge in [0, 0.05) is 51.1 Å². The molecule has 1 amide bonds. The summed E-state index contributed by atoms with van der Waals surface area (Å²) in [4.78, 5) is 39.5. The van der Waals surface area contributed by atoms with E-state index >= 15 is 0 Å². The van der Waals surface area contributed by atoms with E-state index in [4.69, 9.17) is 4.74 Å². The second-order valence-corrected chi connectivity index (χ2v) is 5.59. The lowest BCUT2D eigenvalue weighted by molar-refractivity contribution is -0.144. The Balaban J connectivity index is 1.96. The zero-order valence-corrected chi connectivity index (χ0v) is 13.7. The predicted molar refractivity (Wildman–Crippen MR) is 85.3 cm³/mol. The number of carbonyl (C=O) groups excluding carboxylic acids is 2. The standard InChI is InChI=1S/C16H23N3O4/c1-3-23-15(21)12-18-6-4-7-19(10-9-18)16(22)13-5-8-17(2)14(20)11-13/h5,8,11H,3-4,6-7,9-10,12H2,1-2H3. The van der Waals surface area contributed by atoms with Gasteiger partial charge in [-0.2, -0.15) is 0 Å². The predicted octanol–water partition coefficient (Wildman–Crippen LogP) is 0.0963. The highest BCUT2D eigenvalue weighted by Crippen LogP contribution is 2.08. The van der Waals surface area contributed by atoms with E-state index in [1.807, 2.05) is 4.90 Å². The lowest BCUT2D eigenvalue weighted by Gasteiger charge is -2.21. The number of nitrogens with zero attached hydrogens (tertiary/aromatic N) is 3. The molecule has 0 bridgehead atoms. The van der Waals surface area contributed by atoms with Gasteiger partial charge in [-0.1, -0.05) is 0 Å². The maximum atomic E-state index is 12.5. The number of rotatable bonds is 4. The molecule has 0 saturated carbocycles. The monoisotopic (exact) mass is 321 g/mol. The van der Waals surface area contributed by atoms with Gasteiger partial charge < -0.3 is 14.2 Å². The van der Waals surface area contributed by atoms with Crippen molar-refractivity contribution in [3.8, 4) is 0 Å². The van der Waals surface area contributed by atoms with Crippen LogP contribution in [0.4, 0.5) is 0 Å². The van der Waals surface area contributed by atoms with E-state index in [0.717, 1.165) is 13.0 Å². The van der Waals surface area contributed by atoms with Gasteiger partial charge in [0.15, 0.2) is 0 Å². The number of aryl methyl sites for hydroxylation is 1. The summed E-state index contributed by atoms with van der Waals surface area (Å²) in [7, 11) is 1.65. The molecule has 7 nitrogen and oxygen atoms in total. The van der Waals surface area contributed by atoms with Crippen molar-refractivity contribution >= 4 is 11.9 Å². The first-order chi connectivity index (χ1) is 11.0. The van der Waals surface area contributed by atoms with E-state index < -0.39 is 0 Å². The van der Waals surface area contributed by atoms with Crippen molar-refractivity contribution in [3.05, 3.63) is 34.2 Å². The Kier molecular flexibility index (Phi) is 5.92. The summed E-state index contributed by atoms with van der Waals surface area (Å²) in [6, 6.07) is 3.02. The topological polar surface area (TPSA) is 71.8 Å². The van der Waals surface area contributed by atoms with E-state index in [1.54, 1.807) is 31.1 Å². The van der Waals surface area contributed by atoms with Gasteiger partial charge in [-0.3, -0.25) is 19.3 Å². The maximum Gasteiger partial charge on any atom is 0.320 e. The molecule has 0 radical (unpaired) electrons. The molecular formula is C16H23N3O4. The molecule has 126 valence electrons. The molecule has 1 fully saturated rings. The summed E-state index contributed by atoms with van der Waals surface area (Å²) in [5.74, 6) is -0.375. The van der Waals surface area contributed by atoms with Crippen molar-refractivity contribution in [2.24, 2.45) is 7.05 Å². The summed E-state index contributed by atoms with van der Waals surface area (Å²) in [5.41, 5.74) is 0.210. The molecule has 23 heavy (non-hydrogen) atoms. The number of aromatic nitrogens is 1. The average molecular weight is 321 g/mol. The summed E-state index contributed by atoms with van der Waals surface area (Å²) in [6.45, 7) is 4.93. The molecule has 7 heteroatoms. The molecule has 0 N–H and O–H groups in total. The zero-order valence-electron chi connectivity index (χ0n) is 13.7. The van der Waals surface area contributed by atoms with E-state index in [1.165, 1.54) is 10.6 Å². The Labute approximate surface area is 135 Å². The van der Waals surface area contributed by atoms with Crippen LogP contribution in [0.5, 0.6) is 0 Å². The van der Waals surface area contributed by atoms with Crippen LogP contribution < -0.4 is 5.56 Å². The van der Waals surface area contributed by atoms with Gasteiger partial charge in [-0.25, -0.2) is 0 Å². The molecule has 0 spiro atoms. The van der Waals surface area contributed by atoms with Crippen LogP contribution in [0.1, 0.15) is 23.7 Å². The van der Waals surface area contributed by atoms with E-state index in [0.29, 0.717) is 31.8 Å². The third kappa shape index (κ3) is 4.66. The molecule has 0 aliphatic carbocycles. The summed E-state index contributed by atoms with van der Waals surface area (Å²) in [6.07, 6.45) is 2.39. The third-order valence-corrected chi connectivity index (χ3v) is 3.89. The largest absolute Gasteiger partial charge is 0.465 e. The Hall–Kier alpha value is -2.15. The van der Waals surface area contributed by atoms with Crippen molar-refractivity contribution in [2.75, 3.05) is 39.3 Å². The Morgan fingerprint density at radius 3 is 2.70 bits per heavy atom. The maximum absolute atomic E-state index is 12.5. The zero-order chi connectivity index (χ0) is 16.8. The highest BCUT2D eigenvalue weighted by atomic mass is 16.5. The molecule has 0 atom stereocenters. The molecule has 1 saturated heterocycles. The first-order valence-corrected chi connectivity index (χ1v) is 7.85. The van der Waals surface area contributed by atoms with Crippen LogP contribution in [0.15, 0.2) is 23.1 Å². The van der Waals surface area contributed by atoms with Crippen molar-refractivity contribution in [1.82, 2.24) is 14.4 Å². The van der Waals surface area contributed by atoms with Crippen molar-refractivity contribution in [3.63, 3.8) is 0 Å². The number of amides is 1. The Morgan fingerprint density at radius 1 is 1.22 bits per heavy atom. The molecule has 2 rings (SSSR count). The fraction of sp³-hybridized carbons (Fsp3) is 0.562. The normalized spacial score (nSPS) is 16.0. The second kappa shape index (κ2) is 7.92. The minimum Gasteiger partial charge on any atom is -0.465 e. The van der Waals surface area contributed by atoms with Crippen molar-refractivity contribution in [2.45, 2.75) is 13.3 Å². The van der Waals surface area contributed by atoms with E-state index in [9.17, 15) is 14.4 Å².